The van der Waals surface area contributed by atoms with E-state index in [0.717, 1.165) is 12.0 Å². The van der Waals surface area contributed by atoms with Gasteiger partial charge in [-0.25, -0.2) is 0 Å². The maximum absolute atomic E-state index is 3.84. The first kappa shape index (κ1) is 8.82. The van der Waals surface area contributed by atoms with Crippen LogP contribution < -0.4 is 5.32 Å². The van der Waals surface area contributed by atoms with Crippen LogP contribution in [0.4, 0.5) is 0 Å². The van der Waals surface area contributed by atoms with Gasteiger partial charge in [-0.2, -0.15) is 0 Å². The van der Waals surface area contributed by atoms with Gasteiger partial charge in [0.15, 0.2) is 0 Å². The summed E-state index contributed by atoms with van der Waals surface area (Å²) in [5, 5.41) is 3.84. The van der Waals surface area contributed by atoms with Gasteiger partial charge in [0.05, 0.1) is 0 Å². The number of rotatable bonds is 0. The highest BCUT2D eigenvalue weighted by molar-refractivity contribution is 5.21. The summed E-state index contributed by atoms with van der Waals surface area (Å²) < 4.78 is 0. The van der Waals surface area contributed by atoms with Crippen molar-refractivity contribution in [1.82, 2.24) is 5.32 Å². The molecule has 1 N–H and O–H groups in total. The Morgan fingerprint density at radius 1 is 0.929 bits per heavy atom. The van der Waals surface area contributed by atoms with Crippen LogP contribution in [-0.4, -0.2) is 6.04 Å². The molecule has 2 unspecified atom stereocenters. The molecule has 78 valence electrons. The molecule has 1 fully saturated rings. The Morgan fingerprint density at radius 2 is 1.79 bits per heavy atom. The third kappa shape index (κ3) is 1.47. The van der Waals surface area contributed by atoms with E-state index in [-0.39, 0.29) is 0 Å². The van der Waals surface area contributed by atoms with Gasteiger partial charge < -0.3 is 5.32 Å². The van der Waals surface area contributed by atoms with E-state index in [0.29, 0.717) is 0 Å². The monoisotopic (exact) mass is 191 g/mol. The Morgan fingerprint density at radius 3 is 2.79 bits per heavy atom. The molecule has 0 aromatic carbocycles. The summed E-state index contributed by atoms with van der Waals surface area (Å²) in [6, 6.07) is 0.848. The minimum Gasteiger partial charge on any atom is -0.385 e. The van der Waals surface area contributed by atoms with Crippen LogP contribution in [0, 0.1) is 5.92 Å². The zero-order valence-corrected chi connectivity index (χ0v) is 9.02. The molecule has 1 heterocycles. The lowest BCUT2D eigenvalue weighted by atomic mass is 9.75. The van der Waals surface area contributed by atoms with E-state index in [1.807, 2.05) is 0 Å². The molecule has 1 nitrogen and oxygen atoms in total. The molecule has 2 atom stereocenters. The third-order valence-electron chi connectivity index (χ3n) is 4.36. The second-order valence-corrected chi connectivity index (χ2v) is 5.29. The summed E-state index contributed by atoms with van der Waals surface area (Å²) in [5.74, 6) is 0.987. The molecule has 1 aliphatic heterocycles. The summed E-state index contributed by atoms with van der Waals surface area (Å²) in [6.07, 6.45) is 12.9. The van der Waals surface area contributed by atoms with Crippen molar-refractivity contribution >= 4 is 0 Å². The Labute approximate surface area is 87.0 Å². The Bertz CT molecular complexity index is 228. The van der Waals surface area contributed by atoms with E-state index in [1.54, 1.807) is 11.3 Å². The van der Waals surface area contributed by atoms with Crippen LogP contribution in [-0.2, 0) is 0 Å². The van der Waals surface area contributed by atoms with Crippen molar-refractivity contribution in [3.63, 3.8) is 0 Å². The summed E-state index contributed by atoms with van der Waals surface area (Å²) in [6.45, 7) is 0. The van der Waals surface area contributed by atoms with E-state index in [4.69, 9.17) is 0 Å². The zero-order chi connectivity index (χ0) is 9.38. The molecule has 1 saturated carbocycles. The zero-order valence-electron chi connectivity index (χ0n) is 9.02. The molecule has 0 radical (unpaired) electrons. The molecular weight excluding hydrogens is 170 g/mol. The maximum Gasteiger partial charge on any atom is 0.0289 e. The van der Waals surface area contributed by atoms with Crippen LogP contribution >= 0.6 is 0 Å². The highest BCUT2D eigenvalue weighted by Gasteiger charge is 2.31. The fourth-order valence-corrected chi connectivity index (χ4v) is 3.55. The second-order valence-electron chi connectivity index (χ2n) is 5.29. The summed E-state index contributed by atoms with van der Waals surface area (Å²) in [7, 11) is 0. The van der Waals surface area contributed by atoms with Gasteiger partial charge in [-0.3, -0.25) is 0 Å². The smallest absolute Gasteiger partial charge is 0.0289 e. The van der Waals surface area contributed by atoms with Crippen LogP contribution in [0.2, 0.25) is 0 Å². The summed E-state index contributed by atoms with van der Waals surface area (Å²) in [4.78, 5) is 0. The first-order valence-corrected chi connectivity index (χ1v) is 6.41. The van der Waals surface area contributed by atoms with Gasteiger partial charge in [0, 0.05) is 11.7 Å². The molecule has 14 heavy (non-hydrogen) atoms. The number of hydrogen-bond acceptors (Lipinski definition) is 1. The molecule has 0 aromatic heterocycles. The predicted octanol–water partition coefficient (Wildman–Crippen LogP) is 3.37. The minimum atomic E-state index is 0.848. The lowest BCUT2D eigenvalue weighted by molar-refractivity contribution is 0.247. The van der Waals surface area contributed by atoms with Gasteiger partial charge >= 0.3 is 0 Å². The fourth-order valence-electron chi connectivity index (χ4n) is 3.55. The first-order valence-electron chi connectivity index (χ1n) is 6.41. The highest BCUT2D eigenvalue weighted by atomic mass is 15.0. The molecule has 0 bridgehead atoms. The van der Waals surface area contributed by atoms with Gasteiger partial charge in [-0.15, -0.1) is 0 Å². The average Bonchev–Trinajstić information content (AvgIpc) is 2.26. The molecule has 3 rings (SSSR count). The maximum atomic E-state index is 3.84. The fraction of sp³-hybridized carbons (Fsp3) is 0.846. The minimum absolute atomic E-state index is 0.848. The largest absolute Gasteiger partial charge is 0.385 e. The van der Waals surface area contributed by atoms with Crippen molar-refractivity contribution < 1.29 is 0 Å². The Balaban J connectivity index is 1.79. The normalized spacial score (nSPS) is 37.1. The molecular formula is C13H21N. The van der Waals surface area contributed by atoms with Crippen LogP contribution in [0.3, 0.4) is 0 Å². The van der Waals surface area contributed by atoms with E-state index >= 15 is 0 Å². The summed E-state index contributed by atoms with van der Waals surface area (Å²) in [5.41, 5.74) is 3.44. The van der Waals surface area contributed by atoms with E-state index in [9.17, 15) is 0 Å². The van der Waals surface area contributed by atoms with Crippen LogP contribution in [0.1, 0.15) is 57.8 Å². The number of allylic oxidation sites excluding steroid dienone is 2. The van der Waals surface area contributed by atoms with Gasteiger partial charge in [-0.05, 0) is 50.9 Å². The molecule has 3 aliphatic rings. The van der Waals surface area contributed by atoms with Gasteiger partial charge in [0.2, 0.25) is 0 Å². The lowest BCUT2D eigenvalue weighted by Crippen LogP contribution is -2.42. The van der Waals surface area contributed by atoms with Crippen LogP contribution in [0.5, 0.6) is 0 Å². The van der Waals surface area contributed by atoms with Crippen molar-refractivity contribution in [3.8, 4) is 0 Å². The van der Waals surface area contributed by atoms with Crippen molar-refractivity contribution in [2.75, 3.05) is 0 Å². The standard InChI is InChI=1S/C13H21N/c1-3-7-12-10(5-1)9-11-6-2-4-8-13(11)14-12/h10,12,14H,1-9H2. The van der Waals surface area contributed by atoms with E-state index in [2.05, 4.69) is 5.32 Å². The molecule has 0 aromatic rings. The van der Waals surface area contributed by atoms with Gasteiger partial charge in [0.1, 0.15) is 0 Å². The third-order valence-corrected chi connectivity index (χ3v) is 4.36. The Kier molecular flexibility index (Phi) is 2.27. The van der Waals surface area contributed by atoms with Crippen molar-refractivity contribution in [1.29, 1.82) is 0 Å². The Hall–Kier alpha value is -0.460. The molecule has 0 amide bonds. The van der Waals surface area contributed by atoms with Crippen molar-refractivity contribution in [2.45, 2.75) is 63.8 Å². The second kappa shape index (κ2) is 3.60. The quantitative estimate of drug-likeness (QED) is 0.619. The highest BCUT2D eigenvalue weighted by Crippen LogP contribution is 2.38. The van der Waals surface area contributed by atoms with E-state index < -0.39 is 0 Å². The molecule has 2 aliphatic carbocycles. The summed E-state index contributed by atoms with van der Waals surface area (Å²) >= 11 is 0. The SMILES string of the molecule is C1CCC2=C(C1)CC1CCCCC1N2. The van der Waals surface area contributed by atoms with Gasteiger partial charge in [-0.1, -0.05) is 18.4 Å². The van der Waals surface area contributed by atoms with E-state index in [1.165, 1.54) is 57.8 Å². The lowest BCUT2D eigenvalue weighted by Gasteiger charge is -2.41. The average molecular weight is 191 g/mol. The predicted molar refractivity (Wildman–Crippen MR) is 59.0 cm³/mol. The van der Waals surface area contributed by atoms with Crippen LogP contribution in [0.15, 0.2) is 11.3 Å². The molecule has 1 heteroatoms. The topological polar surface area (TPSA) is 12.0 Å². The van der Waals surface area contributed by atoms with Crippen LogP contribution in [0.25, 0.3) is 0 Å². The molecule has 0 saturated heterocycles. The number of nitrogens with one attached hydrogen (secondary N) is 1. The first-order chi connectivity index (χ1) is 6.93. The van der Waals surface area contributed by atoms with Gasteiger partial charge in [0.25, 0.3) is 0 Å². The number of hydrogen-bond donors (Lipinski definition) is 1. The van der Waals surface area contributed by atoms with Crippen molar-refractivity contribution in [2.24, 2.45) is 5.92 Å². The molecule has 0 spiro atoms. The number of fused-ring (bicyclic) bond motifs is 1. The van der Waals surface area contributed by atoms with Crippen molar-refractivity contribution in [3.05, 3.63) is 11.3 Å².